The van der Waals surface area contributed by atoms with Gasteiger partial charge >= 0.3 is 0 Å². The smallest absolute Gasteiger partial charge is 0.264 e. The van der Waals surface area contributed by atoms with Crippen molar-refractivity contribution in [3.05, 3.63) is 47.1 Å². The third-order valence-electron chi connectivity index (χ3n) is 4.42. The third-order valence-corrected chi connectivity index (χ3v) is 6.43. The maximum atomic E-state index is 13.2. The predicted octanol–water partition coefficient (Wildman–Crippen LogP) is 2.45. The second-order valence-electron chi connectivity index (χ2n) is 6.88. The van der Waals surface area contributed by atoms with E-state index in [1.54, 1.807) is 32.0 Å². The molecule has 1 aromatic carbocycles. The maximum absolute atomic E-state index is 13.2. The molecule has 28 heavy (non-hydrogen) atoms. The van der Waals surface area contributed by atoms with Crippen molar-refractivity contribution in [3.63, 3.8) is 0 Å². The molecule has 1 aliphatic rings. The summed E-state index contributed by atoms with van der Waals surface area (Å²) in [7, 11) is -3.97. The van der Waals surface area contributed by atoms with Gasteiger partial charge in [-0.3, -0.25) is 9.10 Å². The number of halogens is 1. The summed E-state index contributed by atoms with van der Waals surface area (Å²) in [6.45, 7) is 3.16. The summed E-state index contributed by atoms with van der Waals surface area (Å²) >= 11 is 5.96. The molecule has 1 aromatic heterocycles. The molecule has 0 saturated carbocycles. The number of nitrogens with zero attached hydrogens (tertiary/aromatic N) is 2. The molecule has 150 valence electrons. The number of ether oxygens (including phenoxy) is 1. The van der Waals surface area contributed by atoms with Gasteiger partial charge in [0.1, 0.15) is 17.6 Å². The van der Waals surface area contributed by atoms with Crippen LogP contribution in [0.3, 0.4) is 0 Å². The van der Waals surface area contributed by atoms with Gasteiger partial charge in [0.2, 0.25) is 5.88 Å². The summed E-state index contributed by atoms with van der Waals surface area (Å²) in [4.78, 5) is 16.3. The van der Waals surface area contributed by atoms with Gasteiger partial charge in [-0.15, -0.1) is 0 Å². The van der Waals surface area contributed by atoms with Gasteiger partial charge in [0, 0.05) is 23.6 Å². The first-order valence-corrected chi connectivity index (χ1v) is 10.6. The largest absolute Gasteiger partial charge is 0.468 e. The van der Waals surface area contributed by atoms with Crippen LogP contribution in [0, 0.1) is 5.92 Å². The zero-order chi connectivity index (χ0) is 20.5. The lowest BCUT2D eigenvalue weighted by atomic mass is 10.0. The lowest BCUT2D eigenvalue weighted by Gasteiger charge is -2.34. The van der Waals surface area contributed by atoms with Crippen LogP contribution in [-0.2, 0) is 21.2 Å². The van der Waals surface area contributed by atoms with Gasteiger partial charge < -0.3 is 9.84 Å². The Morgan fingerprint density at radius 2 is 2.14 bits per heavy atom. The van der Waals surface area contributed by atoms with Gasteiger partial charge in [-0.2, -0.15) is 0 Å². The molecule has 0 aliphatic carbocycles. The van der Waals surface area contributed by atoms with Crippen LogP contribution in [0.1, 0.15) is 19.4 Å². The second kappa shape index (κ2) is 8.06. The number of anilines is 1. The number of pyridine rings is 1. The molecular weight excluding hydrogens is 404 g/mol. The second-order valence-corrected chi connectivity index (χ2v) is 9.18. The van der Waals surface area contributed by atoms with Crippen molar-refractivity contribution >= 4 is 33.1 Å². The highest BCUT2D eigenvalue weighted by Gasteiger charge is 2.35. The molecule has 0 spiro atoms. The number of sulfonamides is 1. The van der Waals surface area contributed by atoms with Gasteiger partial charge in [0.15, 0.2) is 0 Å². The standard InChI is InChI=1S/C19H21ClN2O5S/c1-12(2)18(24)7-13-6-17-19(21-9-13)27-15(11-23)10-22(17)28(25,26)16-5-3-4-14(20)8-16/h3-6,8-9,12,15,23H,7,10-11H2,1-2H3/t15-/m1/s1. The Morgan fingerprint density at radius 1 is 1.39 bits per heavy atom. The number of fused-ring (bicyclic) bond motifs is 1. The van der Waals surface area contributed by atoms with E-state index in [4.69, 9.17) is 16.3 Å². The van der Waals surface area contributed by atoms with E-state index in [1.165, 1.54) is 18.3 Å². The fourth-order valence-corrected chi connectivity index (χ4v) is 4.60. The maximum Gasteiger partial charge on any atom is 0.264 e. The molecule has 0 radical (unpaired) electrons. The minimum Gasteiger partial charge on any atom is -0.468 e. The Labute approximate surface area is 169 Å². The Morgan fingerprint density at radius 3 is 2.79 bits per heavy atom. The molecule has 0 unspecified atom stereocenters. The van der Waals surface area contributed by atoms with E-state index in [0.29, 0.717) is 10.6 Å². The van der Waals surface area contributed by atoms with E-state index in [9.17, 15) is 18.3 Å². The van der Waals surface area contributed by atoms with Crippen LogP contribution in [0.15, 0.2) is 41.4 Å². The molecule has 9 heteroatoms. The quantitative estimate of drug-likeness (QED) is 0.765. The number of rotatable bonds is 6. The van der Waals surface area contributed by atoms with E-state index in [0.717, 1.165) is 4.31 Å². The zero-order valence-electron chi connectivity index (χ0n) is 15.5. The van der Waals surface area contributed by atoms with Gasteiger partial charge in [-0.25, -0.2) is 13.4 Å². The number of aromatic nitrogens is 1. The topological polar surface area (TPSA) is 96.8 Å². The van der Waals surface area contributed by atoms with Crippen molar-refractivity contribution in [1.82, 2.24) is 4.98 Å². The Bertz CT molecular complexity index is 994. The molecule has 1 atom stereocenters. The number of hydrogen-bond donors (Lipinski definition) is 1. The molecule has 2 aromatic rings. The number of carbonyl (C=O) groups is 1. The lowest BCUT2D eigenvalue weighted by molar-refractivity contribution is -0.121. The van der Waals surface area contributed by atoms with E-state index < -0.39 is 16.1 Å². The van der Waals surface area contributed by atoms with Crippen LogP contribution in [0.2, 0.25) is 5.02 Å². The highest BCUT2D eigenvalue weighted by Crippen LogP contribution is 2.36. The summed E-state index contributed by atoms with van der Waals surface area (Å²) in [6.07, 6.45) is 0.882. The first kappa shape index (κ1) is 20.6. The molecule has 0 fully saturated rings. The lowest BCUT2D eigenvalue weighted by Crippen LogP contribution is -2.45. The van der Waals surface area contributed by atoms with Gasteiger partial charge in [0.25, 0.3) is 10.0 Å². The monoisotopic (exact) mass is 424 g/mol. The first-order chi connectivity index (χ1) is 13.2. The van der Waals surface area contributed by atoms with Crippen LogP contribution in [0.4, 0.5) is 5.69 Å². The summed E-state index contributed by atoms with van der Waals surface area (Å²) < 4.78 is 33.2. The minimum absolute atomic E-state index is 0.0215. The van der Waals surface area contributed by atoms with Crippen molar-refractivity contribution in [2.75, 3.05) is 17.5 Å². The molecule has 1 N–H and O–H groups in total. The number of aliphatic hydroxyl groups excluding tert-OH is 1. The number of Topliss-reactive ketones (excluding diaryl/α,β-unsaturated/α-hetero) is 1. The summed E-state index contributed by atoms with van der Waals surface area (Å²) in [6, 6.07) is 7.54. The van der Waals surface area contributed by atoms with Crippen LogP contribution >= 0.6 is 11.6 Å². The Hall–Kier alpha value is -2.16. The molecule has 7 nitrogen and oxygen atoms in total. The van der Waals surface area contributed by atoms with Gasteiger partial charge in [0.05, 0.1) is 18.0 Å². The highest BCUT2D eigenvalue weighted by molar-refractivity contribution is 7.92. The third kappa shape index (κ3) is 4.14. The highest BCUT2D eigenvalue weighted by atomic mass is 35.5. The number of aliphatic hydroxyl groups is 1. The van der Waals surface area contributed by atoms with Crippen LogP contribution in [-0.4, -0.2) is 43.5 Å². The number of benzene rings is 1. The van der Waals surface area contributed by atoms with Gasteiger partial charge in [-0.05, 0) is 29.8 Å². The number of carbonyl (C=O) groups excluding carboxylic acids is 1. The Balaban J connectivity index is 2.06. The van der Waals surface area contributed by atoms with Crippen LogP contribution in [0.25, 0.3) is 0 Å². The van der Waals surface area contributed by atoms with Crippen molar-refractivity contribution in [2.45, 2.75) is 31.3 Å². The summed E-state index contributed by atoms with van der Waals surface area (Å²) in [5.74, 6) is -0.0232. The molecule has 0 amide bonds. The predicted molar refractivity (Wildman–Crippen MR) is 105 cm³/mol. The minimum atomic E-state index is -3.97. The van der Waals surface area contributed by atoms with E-state index in [2.05, 4.69) is 4.98 Å². The van der Waals surface area contributed by atoms with E-state index in [1.807, 2.05) is 0 Å². The average Bonchev–Trinajstić information content (AvgIpc) is 2.66. The Kier molecular flexibility index (Phi) is 5.92. The molecule has 2 heterocycles. The van der Waals surface area contributed by atoms with Crippen molar-refractivity contribution < 1.29 is 23.1 Å². The van der Waals surface area contributed by atoms with Gasteiger partial charge in [-0.1, -0.05) is 31.5 Å². The van der Waals surface area contributed by atoms with E-state index >= 15 is 0 Å². The molecule has 1 aliphatic heterocycles. The normalized spacial score (nSPS) is 16.6. The van der Waals surface area contributed by atoms with Crippen molar-refractivity contribution in [1.29, 1.82) is 0 Å². The van der Waals surface area contributed by atoms with Crippen molar-refractivity contribution in [2.24, 2.45) is 5.92 Å². The average molecular weight is 425 g/mol. The number of hydrogen-bond acceptors (Lipinski definition) is 6. The van der Waals surface area contributed by atoms with Crippen LogP contribution < -0.4 is 9.04 Å². The number of ketones is 1. The summed E-state index contributed by atoms with van der Waals surface area (Å²) in [5.41, 5.74) is 0.827. The molecule has 3 rings (SSSR count). The zero-order valence-corrected chi connectivity index (χ0v) is 17.1. The molecular formula is C19H21ClN2O5S. The van der Waals surface area contributed by atoms with Crippen LogP contribution in [0.5, 0.6) is 5.88 Å². The SMILES string of the molecule is CC(C)C(=O)Cc1cnc2c(c1)N(S(=O)(=O)c1cccc(Cl)c1)C[C@H](CO)O2. The van der Waals surface area contributed by atoms with E-state index in [-0.39, 0.29) is 47.7 Å². The molecule has 0 saturated heterocycles. The molecule has 0 bridgehead atoms. The first-order valence-electron chi connectivity index (χ1n) is 8.80. The van der Waals surface area contributed by atoms with Crippen molar-refractivity contribution in [3.8, 4) is 5.88 Å². The fraction of sp³-hybridized carbons (Fsp3) is 0.368. The summed E-state index contributed by atoms with van der Waals surface area (Å²) in [5, 5.41) is 9.80. The fourth-order valence-electron chi connectivity index (χ4n) is 2.81.